The molecule has 0 saturated heterocycles. The molecule has 1 heterocycles. The van der Waals surface area contributed by atoms with Crippen molar-refractivity contribution in [2.75, 3.05) is 0 Å². The standard InChI is InChI=1S/C29H22ClFN2O/c30-25-18-10-17-24(27(25)31)28(34)26-19-32-20-33(26)29(21-11-4-1-5-12-21,22-13-6-2-7-14-22)23-15-8-3-9-16-23/h1-20,28,34H/t28-/m0/s1. The first-order valence-corrected chi connectivity index (χ1v) is 11.3. The Morgan fingerprint density at radius 2 is 1.24 bits per heavy atom. The van der Waals surface area contributed by atoms with Gasteiger partial charge >= 0.3 is 0 Å². The number of aromatic nitrogens is 2. The van der Waals surface area contributed by atoms with Crippen molar-refractivity contribution in [3.05, 3.63) is 161 Å². The molecule has 5 aromatic rings. The molecule has 1 aromatic heterocycles. The van der Waals surface area contributed by atoms with Gasteiger partial charge in [-0.2, -0.15) is 0 Å². The van der Waals surface area contributed by atoms with Crippen LogP contribution in [0.1, 0.15) is 34.1 Å². The minimum atomic E-state index is -1.28. The van der Waals surface area contributed by atoms with Gasteiger partial charge in [-0.1, -0.05) is 115 Å². The monoisotopic (exact) mass is 468 g/mol. The molecule has 1 atom stereocenters. The molecular weight excluding hydrogens is 447 g/mol. The van der Waals surface area contributed by atoms with Gasteiger partial charge in [-0.3, -0.25) is 0 Å². The molecular formula is C29H22ClFN2O. The molecule has 4 aromatic carbocycles. The van der Waals surface area contributed by atoms with Gasteiger partial charge in [0, 0.05) is 5.56 Å². The summed E-state index contributed by atoms with van der Waals surface area (Å²) in [5.41, 5.74) is 2.60. The van der Waals surface area contributed by atoms with E-state index < -0.39 is 17.5 Å². The fourth-order valence-electron chi connectivity index (χ4n) is 4.63. The van der Waals surface area contributed by atoms with E-state index in [0.29, 0.717) is 5.69 Å². The Labute approximate surface area is 202 Å². The summed E-state index contributed by atoms with van der Waals surface area (Å²) in [7, 11) is 0. The van der Waals surface area contributed by atoms with E-state index in [1.807, 2.05) is 59.2 Å². The summed E-state index contributed by atoms with van der Waals surface area (Å²) < 4.78 is 16.8. The Bertz CT molecular complexity index is 1290. The van der Waals surface area contributed by atoms with Crippen LogP contribution in [0.3, 0.4) is 0 Å². The average Bonchev–Trinajstić information content (AvgIpc) is 3.38. The molecule has 0 spiro atoms. The van der Waals surface area contributed by atoms with Crippen molar-refractivity contribution >= 4 is 11.6 Å². The van der Waals surface area contributed by atoms with Crippen LogP contribution in [0.4, 0.5) is 4.39 Å². The van der Waals surface area contributed by atoms with Crippen LogP contribution in [-0.4, -0.2) is 14.7 Å². The third-order valence-electron chi connectivity index (χ3n) is 6.16. The van der Waals surface area contributed by atoms with Crippen LogP contribution >= 0.6 is 11.6 Å². The molecule has 0 unspecified atom stereocenters. The number of aliphatic hydroxyl groups is 1. The molecule has 1 N–H and O–H groups in total. The van der Waals surface area contributed by atoms with E-state index in [0.717, 1.165) is 16.7 Å². The maximum absolute atomic E-state index is 14.9. The number of aliphatic hydroxyl groups excluding tert-OH is 1. The fourth-order valence-corrected chi connectivity index (χ4v) is 4.82. The van der Waals surface area contributed by atoms with Crippen molar-refractivity contribution in [2.24, 2.45) is 0 Å². The number of imidazole rings is 1. The maximum Gasteiger partial charge on any atom is 0.147 e. The summed E-state index contributed by atoms with van der Waals surface area (Å²) in [5, 5.41) is 11.4. The summed E-state index contributed by atoms with van der Waals surface area (Å²) in [6.45, 7) is 0. The summed E-state index contributed by atoms with van der Waals surface area (Å²) in [5.74, 6) is -0.644. The minimum absolute atomic E-state index is 0.0388. The van der Waals surface area contributed by atoms with E-state index in [9.17, 15) is 9.50 Å². The molecule has 0 fully saturated rings. The lowest BCUT2D eigenvalue weighted by Gasteiger charge is -2.39. The first-order chi connectivity index (χ1) is 16.6. The second-order valence-corrected chi connectivity index (χ2v) is 8.45. The van der Waals surface area contributed by atoms with Gasteiger partial charge in [0.25, 0.3) is 0 Å². The van der Waals surface area contributed by atoms with Gasteiger partial charge < -0.3 is 9.67 Å². The smallest absolute Gasteiger partial charge is 0.147 e. The van der Waals surface area contributed by atoms with Crippen LogP contribution in [0, 0.1) is 5.82 Å². The number of hydrogen-bond donors (Lipinski definition) is 1. The molecule has 0 radical (unpaired) electrons. The lowest BCUT2D eigenvalue weighted by molar-refractivity contribution is 0.201. The highest BCUT2D eigenvalue weighted by atomic mass is 35.5. The van der Waals surface area contributed by atoms with Crippen molar-refractivity contribution in [3.63, 3.8) is 0 Å². The van der Waals surface area contributed by atoms with Gasteiger partial charge in [0.2, 0.25) is 0 Å². The SMILES string of the molecule is O[C@@H](c1cccc(Cl)c1F)c1cncn1C(c1ccccc1)(c1ccccc1)c1ccccc1. The third kappa shape index (κ3) is 3.61. The van der Waals surface area contributed by atoms with Crippen molar-refractivity contribution < 1.29 is 9.50 Å². The van der Waals surface area contributed by atoms with E-state index in [4.69, 9.17) is 11.6 Å². The molecule has 0 amide bonds. The Hall–Kier alpha value is -3.73. The lowest BCUT2D eigenvalue weighted by atomic mass is 9.76. The molecule has 3 nitrogen and oxygen atoms in total. The Morgan fingerprint density at radius 3 is 1.74 bits per heavy atom. The van der Waals surface area contributed by atoms with E-state index >= 15 is 0 Å². The first kappa shape index (κ1) is 22.1. The van der Waals surface area contributed by atoms with Gasteiger partial charge in [-0.05, 0) is 22.8 Å². The van der Waals surface area contributed by atoms with Crippen molar-refractivity contribution in [1.82, 2.24) is 9.55 Å². The Kier molecular flexibility index (Phi) is 6.01. The van der Waals surface area contributed by atoms with Crippen LogP contribution in [0.25, 0.3) is 0 Å². The van der Waals surface area contributed by atoms with Crippen molar-refractivity contribution in [1.29, 1.82) is 0 Å². The number of halogens is 2. The first-order valence-electron chi connectivity index (χ1n) is 11.0. The lowest BCUT2D eigenvalue weighted by Crippen LogP contribution is -2.39. The third-order valence-corrected chi connectivity index (χ3v) is 6.45. The Balaban J connectivity index is 1.84. The van der Waals surface area contributed by atoms with Gasteiger partial charge in [0.1, 0.15) is 17.5 Å². The molecule has 5 heteroatoms. The van der Waals surface area contributed by atoms with Gasteiger partial charge in [-0.25, -0.2) is 9.37 Å². The number of hydrogen-bond acceptors (Lipinski definition) is 2. The Morgan fingerprint density at radius 1 is 0.735 bits per heavy atom. The van der Waals surface area contributed by atoms with Crippen LogP contribution in [0.5, 0.6) is 0 Å². The van der Waals surface area contributed by atoms with Gasteiger partial charge in [0.05, 0.1) is 23.2 Å². The van der Waals surface area contributed by atoms with E-state index in [2.05, 4.69) is 41.4 Å². The normalized spacial score (nSPS) is 12.4. The quantitative estimate of drug-likeness (QED) is 0.285. The molecule has 0 aliphatic rings. The second-order valence-electron chi connectivity index (χ2n) is 8.04. The van der Waals surface area contributed by atoms with Crippen LogP contribution < -0.4 is 0 Å². The summed E-state index contributed by atoms with van der Waals surface area (Å²) >= 11 is 6.03. The maximum atomic E-state index is 14.9. The van der Waals surface area contributed by atoms with Crippen LogP contribution in [0.2, 0.25) is 5.02 Å². The largest absolute Gasteiger partial charge is 0.382 e. The molecule has 0 bridgehead atoms. The second kappa shape index (κ2) is 9.26. The van der Waals surface area contributed by atoms with Gasteiger partial charge in [0.15, 0.2) is 0 Å². The summed E-state index contributed by atoms with van der Waals surface area (Å²) in [6, 6.07) is 34.8. The van der Waals surface area contributed by atoms with Crippen molar-refractivity contribution in [2.45, 2.75) is 11.6 Å². The fraction of sp³-hybridized carbons (Fsp3) is 0.0690. The summed E-state index contributed by atoms with van der Waals surface area (Å²) in [4.78, 5) is 4.41. The highest BCUT2D eigenvalue weighted by Crippen LogP contribution is 2.43. The molecule has 0 saturated carbocycles. The molecule has 5 rings (SSSR count). The highest BCUT2D eigenvalue weighted by molar-refractivity contribution is 6.30. The van der Waals surface area contributed by atoms with Gasteiger partial charge in [-0.15, -0.1) is 0 Å². The summed E-state index contributed by atoms with van der Waals surface area (Å²) in [6.07, 6.45) is 1.99. The highest BCUT2D eigenvalue weighted by Gasteiger charge is 2.40. The molecule has 0 aliphatic heterocycles. The van der Waals surface area contributed by atoms with E-state index in [1.54, 1.807) is 24.7 Å². The zero-order chi connectivity index (χ0) is 23.5. The van der Waals surface area contributed by atoms with E-state index in [1.165, 1.54) is 6.07 Å². The average molecular weight is 469 g/mol. The topological polar surface area (TPSA) is 38.1 Å². The van der Waals surface area contributed by atoms with Crippen LogP contribution in [-0.2, 0) is 5.54 Å². The van der Waals surface area contributed by atoms with E-state index in [-0.39, 0.29) is 10.6 Å². The molecule has 168 valence electrons. The van der Waals surface area contributed by atoms with Crippen molar-refractivity contribution in [3.8, 4) is 0 Å². The zero-order valence-electron chi connectivity index (χ0n) is 18.2. The zero-order valence-corrected chi connectivity index (χ0v) is 19.0. The predicted molar refractivity (Wildman–Crippen MR) is 132 cm³/mol. The number of nitrogens with zero attached hydrogens (tertiary/aromatic N) is 2. The number of rotatable bonds is 6. The number of benzene rings is 4. The van der Waals surface area contributed by atoms with Crippen LogP contribution in [0.15, 0.2) is 122 Å². The predicted octanol–water partition coefficient (Wildman–Crippen LogP) is 6.60. The molecule has 0 aliphatic carbocycles. The minimum Gasteiger partial charge on any atom is -0.382 e. The molecule has 34 heavy (non-hydrogen) atoms.